The van der Waals surface area contributed by atoms with Crippen LogP contribution in [0.4, 0.5) is 0 Å². The molecule has 1 atom stereocenters. The fourth-order valence-corrected chi connectivity index (χ4v) is 2.77. The highest BCUT2D eigenvalue weighted by Crippen LogP contribution is 2.17. The topological polar surface area (TPSA) is 61.8 Å². The van der Waals surface area contributed by atoms with E-state index in [0.29, 0.717) is 19.1 Å². The summed E-state index contributed by atoms with van der Waals surface area (Å²) in [5.41, 5.74) is 0. The molecule has 2 saturated heterocycles. The average molecular weight is 256 g/mol. The summed E-state index contributed by atoms with van der Waals surface area (Å²) in [5.74, 6) is 0.125. The van der Waals surface area contributed by atoms with Crippen LogP contribution < -0.4 is 5.32 Å². The molecule has 5 nitrogen and oxygen atoms in total. The highest BCUT2D eigenvalue weighted by atomic mass is 16.5. The Hall–Kier alpha value is -0.650. The molecule has 104 valence electrons. The predicted octanol–water partition coefficient (Wildman–Crippen LogP) is 0.128. The maximum atomic E-state index is 12.0. The van der Waals surface area contributed by atoms with Crippen LogP contribution in [0.25, 0.3) is 0 Å². The van der Waals surface area contributed by atoms with Gasteiger partial charge in [-0.1, -0.05) is 0 Å². The Balaban J connectivity index is 1.64. The monoisotopic (exact) mass is 256 g/mol. The Kier molecular flexibility index (Phi) is 5.41. The minimum Gasteiger partial charge on any atom is -0.394 e. The molecular weight excluding hydrogens is 232 g/mol. The molecule has 18 heavy (non-hydrogen) atoms. The second-order valence-electron chi connectivity index (χ2n) is 5.14. The lowest BCUT2D eigenvalue weighted by atomic mass is 10.1. The molecule has 5 heteroatoms. The van der Waals surface area contributed by atoms with Gasteiger partial charge in [-0.25, -0.2) is 0 Å². The number of hydrogen-bond donors (Lipinski definition) is 2. The van der Waals surface area contributed by atoms with Gasteiger partial charge in [-0.15, -0.1) is 0 Å². The molecule has 0 radical (unpaired) electrons. The van der Waals surface area contributed by atoms with Crippen LogP contribution in [0.2, 0.25) is 0 Å². The summed E-state index contributed by atoms with van der Waals surface area (Å²) < 4.78 is 5.73. The summed E-state index contributed by atoms with van der Waals surface area (Å²) in [5, 5.41) is 12.5. The van der Waals surface area contributed by atoms with Crippen LogP contribution in [0.1, 0.15) is 32.1 Å². The molecule has 2 rings (SSSR count). The smallest absolute Gasteiger partial charge is 0.225 e. The number of aliphatic hydroxyl groups is 1. The van der Waals surface area contributed by atoms with Gasteiger partial charge in [0.05, 0.1) is 31.8 Å². The van der Waals surface area contributed by atoms with E-state index in [2.05, 4.69) is 5.32 Å². The summed E-state index contributed by atoms with van der Waals surface area (Å²) in [6, 6.07) is 0.0383. The van der Waals surface area contributed by atoms with E-state index in [0.717, 1.165) is 45.3 Å². The maximum Gasteiger partial charge on any atom is 0.225 e. The molecule has 2 fully saturated rings. The van der Waals surface area contributed by atoms with Crippen LogP contribution in [0.3, 0.4) is 0 Å². The third-order valence-electron chi connectivity index (χ3n) is 3.86. The van der Waals surface area contributed by atoms with E-state index < -0.39 is 0 Å². The lowest BCUT2D eigenvalue weighted by Gasteiger charge is -2.25. The van der Waals surface area contributed by atoms with Gasteiger partial charge in [0.15, 0.2) is 0 Å². The molecule has 0 spiro atoms. The van der Waals surface area contributed by atoms with Crippen LogP contribution in [-0.4, -0.2) is 60.9 Å². The lowest BCUT2D eigenvalue weighted by Crippen LogP contribution is -2.38. The molecule has 0 aliphatic carbocycles. The first-order valence-corrected chi connectivity index (χ1v) is 7.04. The molecule has 0 aromatic carbocycles. The first-order chi connectivity index (χ1) is 8.81. The minimum absolute atomic E-state index is 0.0383. The fourth-order valence-electron chi connectivity index (χ4n) is 2.77. The molecule has 0 bridgehead atoms. The van der Waals surface area contributed by atoms with Gasteiger partial charge in [0.2, 0.25) is 5.91 Å². The first kappa shape index (κ1) is 13.8. The van der Waals surface area contributed by atoms with Gasteiger partial charge in [0, 0.05) is 6.54 Å². The van der Waals surface area contributed by atoms with Gasteiger partial charge in [-0.3, -0.25) is 4.79 Å². The third kappa shape index (κ3) is 3.67. The van der Waals surface area contributed by atoms with Crippen molar-refractivity contribution < 1.29 is 14.6 Å². The van der Waals surface area contributed by atoms with Crippen molar-refractivity contribution in [2.24, 2.45) is 0 Å². The zero-order valence-corrected chi connectivity index (χ0v) is 10.9. The Bertz CT molecular complexity index is 267. The van der Waals surface area contributed by atoms with E-state index in [1.54, 1.807) is 0 Å². The molecule has 1 unspecified atom stereocenters. The van der Waals surface area contributed by atoms with Crippen LogP contribution in [-0.2, 0) is 9.53 Å². The molecule has 2 heterocycles. The van der Waals surface area contributed by atoms with E-state index in [4.69, 9.17) is 4.74 Å². The minimum atomic E-state index is 0.0383. The van der Waals surface area contributed by atoms with Gasteiger partial charge in [0.1, 0.15) is 0 Å². The second kappa shape index (κ2) is 7.07. The molecule has 2 aliphatic heterocycles. The predicted molar refractivity (Wildman–Crippen MR) is 68.3 cm³/mol. The molecule has 0 aromatic rings. The quantitative estimate of drug-likeness (QED) is 0.734. The molecule has 1 amide bonds. The number of carbonyl (C=O) groups excluding carboxylic acids is 1. The van der Waals surface area contributed by atoms with Crippen LogP contribution in [0.15, 0.2) is 0 Å². The second-order valence-corrected chi connectivity index (χ2v) is 5.14. The van der Waals surface area contributed by atoms with Crippen molar-refractivity contribution in [3.05, 3.63) is 0 Å². The number of aliphatic hydroxyl groups excluding tert-OH is 1. The summed E-state index contributed by atoms with van der Waals surface area (Å²) in [6.07, 6.45) is 4.77. The molecule has 0 saturated carbocycles. The van der Waals surface area contributed by atoms with Gasteiger partial charge < -0.3 is 20.1 Å². The molecule has 2 aliphatic rings. The van der Waals surface area contributed by atoms with E-state index in [9.17, 15) is 9.90 Å². The average Bonchev–Trinajstić information content (AvgIpc) is 2.88. The van der Waals surface area contributed by atoms with Crippen molar-refractivity contribution in [2.45, 2.75) is 44.2 Å². The summed E-state index contributed by atoms with van der Waals surface area (Å²) >= 11 is 0. The number of rotatable bonds is 5. The van der Waals surface area contributed by atoms with Crippen molar-refractivity contribution in [2.75, 3.05) is 32.8 Å². The van der Waals surface area contributed by atoms with Crippen LogP contribution >= 0.6 is 0 Å². The molecule has 2 N–H and O–H groups in total. The Morgan fingerprint density at radius 2 is 2.11 bits per heavy atom. The number of nitrogens with zero attached hydrogens (tertiary/aromatic N) is 1. The molecule has 0 aromatic heterocycles. The van der Waals surface area contributed by atoms with Crippen LogP contribution in [0.5, 0.6) is 0 Å². The van der Waals surface area contributed by atoms with E-state index in [1.165, 1.54) is 0 Å². The number of carbonyl (C=O) groups is 1. The van der Waals surface area contributed by atoms with E-state index in [-0.39, 0.29) is 18.6 Å². The van der Waals surface area contributed by atoms with Crippen molar-refractivity contribution >= 4 is 5.91 Å². The highest BCUT2D eigenvalue weighted by Gasteiger charge is 2.27. The Morgan fingerprint density at radius 3 is 2.83 bits per heavy atom. The Morgan fingerprint density at radius 1 is 1.33 bits per heavy atom. The van der Waals surface area contributed by atoms with Gasteiger partial charge >= 0.3 is 0 Å². The third-order valence-corrected chi connectivity index (χ3v) is 3.86. The summed E-state index contributed by atoms with van der Waals surface area (Å²) in [4.78, 5) is 13.8. The fraction of sp³-hybridized carbons (Fsp3) is 0.923. The Labute approximate surface area is 108 Å². The van der Waals surface area contributed by atoms with Crippen molar-refractivity contribution in [3.8, 4) is 0 Å². The maximum absolute atomic E-state index is 12.0. The largest absolute Gasteiger partial charge is 0.394 e. The number of ether oxygens (including phenoxy) is 1. The summed E-state index contributed by atoms with van der Waals surface area (Å²) in [6.45, 7) is 3.41. The normalized spacial score (nSPS) is 25.6. The number of nitrogens with one attached hydrogen (secondary N) is 1. The van der Waals surface area contributed by atoms with Crippen LogP contribution in [0, 0.1) is 0 Å². The zero-order valence-electron chi connectivity index (χ0n) is 10.9. The van der Waals surface area contributed by atoms with Crippen molar-refractivity contribution in [3.63, 3.8) is 0 Å². The number of likely N-dealkylation sites (tertiary alicyclic amines) is 1. The SMILES string of the molecule is O=C(CCOC1CCNCC1)N1CCCC1CO. The number of hydrogen-bond acceptors (Lipinski definition) is 4. The lowest BCUT2D eigenvalue weighted by molar-refractivity contribution is -0.134. The van der Waals surface area contributed by atoms with Gasteiger partial charge in [-0.05, 0) is 38.8 Å². The number of amides is 1. The van der Waals surface area contributed by atoms with Crippen molar-refractivity contribution in [1.29, 1.82) is 0 Å². The standard InChI is InChI=1S/C13H24N2O3/c16-10-11-2-1-8-15(11)13(17)5-9-18-12-3-6-14-7-4-12/h11-12,14,16H,1-10H2. The van der Waals surface area contributed by atoms with Crippen molar-refractivity contribution in [1.82, 2.24) is 10.2 Å². The first-order valence-electron chi connectivity index (χ1n) is 7.04. The molecular formula is C13H24N2O3. The zero-order chi connectivity index (χ0) is 12.8. The highest BCUT2D eigenvalue weighted by molar-refractivity contribution is 5.76. The number of piperidine rings is 1. The van der Waals surface area contributed by atoms with Gasteiger partial charge in [0.25, 0.3) is 0 Å². The van der Waals surface area contributed by atoms with E-state index in [1.807, 2.05) is 4.90 Å². The van der Waals surface area contributed by atoms with E-state index >= 15 is 0 Å². The summed E-state index contributed by atoms with van der Waals surface area (Å²) in [7, 11) is 0. The van der Waals surface area contributed by atoms with Gasteiger partial charge in [-0.2, -0.15) is 0 Å².